The first-order valence-electron chi connectivity index (χ1n) is 6.87. The minimum absolute atomic E-state index is 0.260. The van der Waals surface area contributed by atoms with E-state index in [1.54, 1.807) is 26.0 Å². The van der Waals surface area contributed by atoms with E-state index >= 15 is 0 Å². The fourth-order valence-electron chi connectivity index (χ4n) is 2.45. The van der Waals surface area contributed by atoms with Crippen molar-refractivity contribution in [3.05, 3.63) is 75.8 Å². The lowest BCUT2D eigenvalue weighted by molar-refractivity contribution is 0.0730. The average Bonchev–Trinajstić information content (AvgIpc) is 2.46. The summed E-state index contributed by atoms with van der Waals surface area (Å²) >= 11 is 0. The Morgan fingerprint density at radius 1 is 1.00 bits per heavy atom. The Labute approximate surface area is 127 Å². The van der Waals surface area contributed by atoms with E-state index in [0.717, 1.165) is 10.8 Å². The fourth-order valence-corrected chi connectivity index (χ4v) is 2.45. The predicted molar refractivity (Wildman–Crippen MR) is 83.4 cm³/mol. The number of esters is 1. The molecule has 2 aromatic carbocycles. The summed E-state index contributed by atoms with van der Waals surface area (Å²) in [4.78, 5) is 23.6. The van der Waals surface area contributed by atoms with Gasteiger partial charge in [-0.1, -0.05) is 30.3 Å². The molecule has 3 rings (SSSR count). The van der Waals surface area contributed by atoms with Crippen LogP contribution in [0.15, 0.2) is 57.7 Å². The Bertz CT molecular complexity index is 896. The monoisotopic (exact) mass is 294 g/mol. The van der Waals surface area contributed by atoms with Crippen LogP contribution in [0, 0.1) is 13.8 Å². The van der Waals surface area contributed by atoms with E-state index in [2.05, 4.69) is 0 Å². The van der Waals surface area contributed by atoms with Crippen LogP contribution in [-0.4, -0.2) is 5.97 Å². The molecule has 0 spiro atoms. The number of fused-ring (bicyclic) bond motifs is 1. The molecule has 1 aromatic heterocycles. The topological polar surface area (TPSA) is 56.5 Å². The zero-order valence-electron chi connectivity index (χ0n) is 12.3. The number of carbonyl (C=O) groups excluding carboxylic acids is 1. The Morgan fingerprint density at radius 3 is 2.45 bits per heavy atom. The van der Waals surface area contributed by atoms with E-state index in [-0.39, 0.29) is 11.3 Å². The molecule has 0 aliphatic carbocycles. The van der Waals surface area contributed by atoms with Crippen molar-refractivity contribution in [2.75, 3.05) is 0 Å². The highest BCUT2D eigenvalue weighted by Crippen LogP contribution is 2.22. The molecule has 4 nitrogen and oxygen atoms in total. The third-order valence-corrected chi connectivity index (χ3v) is 3.47. The number of aryl methyl sites for hydroxylation is 2. The third kappa shape index (κ3) is 2.63. The van der Waals surface area contributed by atoms with Gasteiger partial charge in [0.25, 0.3) is 0 Å². The SMILES string of the molecule is Cc1cc(=O)oc(C)c1C(=O)Oc1ccc2ccccc2c1. The van der Waals surface area contributed by atoms with Crippen LogP contribution in [0.25, 0.3) is 10.8 Å². The second-order valence-corrected chi connectivity index (χ2v) is 5.08. The highest BCUT2D eigenvalue weighted by molar-refractivity contribution is 5.94. The summed E-state index contributed by atoms with van der Waals surface area (Å²) in [6, 6.07) is 14.5. The summed E-state index contributed by atoms with van der Waals surface area (Å²) in [6.07, 6.45) is 0. The van der Waals surface area contributed by atoms with Crippen LogP contribution >= 0.6 is 0 Å². The molecule has 0 saturated heterocycles. The Hall–Kier alpha value is -2.88. The molecule has 0 bridgehead atoms. The Kier molecular flexibility index (Phi) is 3.51. The maximum Gasteiger partial charge on any atom is 0.347 e. The molecule has 0 fully saturated rings. The van der Waals surface area contributed by atoms with Gasteiger partial charge in [0, 0.05) is 6.07 Å². The zero-order chi connectivity index (χ0) is 15.7. The van der Waals surface area contributed by atoms with Crippen LogP contribution < -0.4 is 10.4 Å². The van der Waals surface area contributed by atoms with Crippen molar-refractivity contribution < 1.29 is 13.9 Å². The highest BCUT2D eigenvalue weighted by Gasteiger charge is 2.17. The summed E-state index contributed by atoms with van der Waals surface area (Å²) in [5, 5.41) is 2.06. The molecule has 3 aromatic rings. The summed E-state index contributed by atoms with van der Waals surface area (Å²) in [7, 11) is 0. The van der Waals surface area contributed by atoms with Gasteiger partial charge >= 0.3 is 11.6 Å². The van der Waals surface area contributed by atoms with Crippen molar-refractivity contribution in [1.82, 2.24) is 0 Å². The maximum atomic E-state index is 12.3. The molecule has 0 saturated carbocycles. The van der Waals surface area contributed by atoms with Crippen molar-refractivity contribution in [1.29, 1.82) is 0 Å². The summed E-state index contributed by atoms with van der Waals surface area (Å²) in [6.45, 7) is 3.26. The molecule has 22 heavy (non-hydrogen) atoms. The van der Waals surface area contributed by atoms with Crippen LogP contribution in [0.3, 0.4) is 0 Å². The molecule has 1 heterocycles. The molecule has 0 amide bonds. The van der Waals surface area contributed by atoms with Gasteiger partial charge in [0.1, 0.15) is 17.1 Å². The molecule has 0 unspecified atom stereocenters. The average molecular weight is 294 g/mol. The summed E-state index contributed by atoms with van der Waals surface area (Å²) in [5.74, 6) is 0.179. The maximum absolute atomic E-state index is 12.3. The lowest BCUT2D eigenvalue weighted by Crippen LogP contribution is -2.15. The van der Waals surface area contributed by atoms with E-state index in [1.165, 1.54) is 6.07 Å². The smallest absolute Gasteiger partial charge is 0.347 e. The van der Waals surface area contributed by atoms with Crippen molar-refractivity contribution >= 4 is 16.7 Å². The normalized spacial score (nSPS) is 10.6. The molecular formula is C18H14O4. The number of ether oxygens (including phenoxy) is 1. The zero-order valence-corrected chi connectivity index (χ0v) is 12.3. The number of hydrogen-bond acceptors (Lipinski definition) is 4. The van der Waals surface area contributed by atoms with Gasteiger partial charge in [0.2, 0.25) is 0 Å². The van der Waals surface area contributed by atoms with Gasteiger partial charge in [-0.15, -0.1) is 0 Å². The minimum Gasteiger partial charge on any atom is -0.427 e. The molecule has 0 aliphatic rings. The van der Waals surface area contributed by atoms with Gasteiger partial charge < -0.3 is 9.15 Å². The molecule has 0 atom stereocenters. The predicted octanol–water partition coefficient (Wildman–Crippen LogP) is 3.63. The largest absolute Gasteiger partial charge is 0.427 e. The molecular weight excluding hydrogens is 280 g/mol. The van der Waals surface area contributed by atoms with Crippen LogP contribution in [0.4, 0.5) is 0 Å². The van der Waals surface area contributed by atoms with Gasteiger partial charge in [-0.05, 0) is 42.3 Å². The van der Waals surface area contributed by atoms with E-state index in [4.69, 9.17) is 9.15 Å². The quantitative estimate of drug-likeness (QED) is 0.535. The molecule has 110 valence electrons. The van der Waals surface area contributed by atoms with Gasteiger partial charge in [-0.3, -0.25) is 0 Å². The van der Waals surface area contributed by atoms with Crippen LogP contribution in [-0.2, 0) is 0 Å². The summed E-state index contributed by atoms with van der Waals surface area (Å²) < 4.78 is 10.4. The Balaban J connectivity index is 1.95. The first-order valence-corrected chi connectivity index (χ1v) is 6.87. The van der Waals surface area contributed by atoms with E-state index in [1.807, 2.05) is 30.3 Å². The van der Waals surface area contributed by atoms with Gasteiger partial charge in [0.05, 0.1) is 0 Å². The number of carbonyl (C=O) groups is 1. The molecule has 0 radical (unpaired) electrons. The van der Waals surface area contributed by atoms with Crippen molar-refractivity contribution in [2.45, 2.75) is 13.8 Å². The van der Waals surface area contributed by atoms with Gasteiger partial charge in [-0.25, -0.2) is 9.59 Å². The standard InChI is InChI=1S/C18H14O4/c1-11-9-16(19)21-12(2)17(11)18(20)22-15-8-7-13-5-3-4-6-14(13)10-15/h3-10H,1-2H3. The van der Waals surface area contributed by atoms with Crippen LogP contribution in [0.5, 0.6) is 5.75 Å². The fraction of sp³-hybridized carbons (Fsp3) is 0.111. The molecule has 4 heteroatoms. The van der Waals surface area contributed by atoms with E-state index in [9.17, 15) is 9.59 Å². The van der Waals surface area contributed by atoms with Crippen LogP contribution in [0.2, 0.25) is 0 Å². The number of hydrogen-bond donors (Lipinski definition) is 0. The van der Waals surface area contributed by atoms with Crippen molar-refractivity contribution in [2.24, 2.45) is 0 Å². The second kappa shape index (κ2) is 5.48. The minimum atomic E-state index is -0.533. The first kappa shape index (κ1) is 14.1. The van der Waals surface area contributed by atoms with Gasteiger partial charge in [-0.2, -0.15) is 0 Å². The summed E-state index contributed by atoms with van der Waals surface area (Å²) in [5.41, 5.74) is 0.351. The first-order chi connectivity index (χ1) is 10.5. The molecule has 0 aliphatic heterocycles. The molecule has 0 N–H and O–H groups in total. The highest BCUT2D eigenvalue weighted by atomic mass is 16.5. The van der Waals surface area contributed by atoms with Crippen molar-refractivity contribution in [3.8, 4) is 5.75 Å². The van der Waals surface area contributed by atoms with E-state index in [0.29, 0.717) is 11.3 Å². The van der Waals surface area contributed by atoms with Gasteiger partial charge in [0.15, 0.2) is 0 Å². The van der Waals surface area contributed by atoms with Crippen molar-refractivity contribution in [3.63, 3.8) is 0 Å². The van der Waals surface area contributed by atoms with Crippen LogP contribution in [0.1, 0.15) is 21.7 Å². The number of rotatable bonds is 2. The van der Waals surface area contributed by atoms with E-state index < -0.39 is 11.6 Å². The lowest BCUT2D eigenvalue weighted by atomic mass is 10.1. The third-order valence-electron chi connectivity index (χ3n) is 3.47. The Morgan fingerprint density at radius 2 is 1.73 bits per heavy atom. The second-order valence-electron chi connectivity index (χ2n) is 5.08. The lowest BCUT2D eigenvalue weighted by Gasteiger charge is -2.09. The number of benzene rings is 2.